The van der Waals surface area contributed by atoms with Crippen molar-refractivity contribution < 1.29 is 31.8 Å². The minimum Gasteiger partial charge on any atom is -0.492 e. The molecule has 0 bridgehead atoms. The van der Waals surface area contributed by atoms with Gasteiger partial charge in [-0.05, 0) is 25.0 Å². The lowest BCUT2D eigenvalue weighted by Crippen LogP contribution is -2.40. The molecule has 0 aliphatic carbocycles. The highest BCUT2D eigenvalue weighted by atomic mass is 32.2. The molecular weight excluding hydrogens is 308 g/mol. The summed E-state index contributed by atoms with van der Waals surface area (Å²) < 4.78 is 57.2. The molecule has 0 radical (unpaired) electrons. The Balaban J connectivity index is 2.55. The fourth-order valence-corrected chi connectivity index (χ4v) is 4.11. The molecule has 21 heavy (non-hydrogen) atoms. The molecule has 1 saturated heterocycles. The van der Waals surface area contributed by atoms with Crippen molar-refractivity contribution in [3.63, 3.8) is 0 Å². The molecular formula is C12H13F2NO5S. The Kier molecular flexibility index (Phi) is 4.15. The third-order valence-electron chi connectivity index (χ3n) is 3.29. The molecule has 6 nitrogen and oxygen atoms in total. The van der Waals surface area contributed by atoms with Crippen molar-refractivity contribution in [2.75, 3.05) is 13.7 Å². The first-order valence-corrected chi connectivity index (χ1v) is 7.51. The van der Waals surface area contributed by atoms with Gasteiger partial charge in [0, 0.05) is 6.54 Å². The van der Waals surface area contributed by atoms with Crippen LogP contribution in [0.3, 0.4) is 0 Å². The predicted molar refractivity (Wildman–Crippen MR) is 67.5 cm³/mol. The van der Waals surface area contributed by atoms with E-state index in [4.69, 9.17) is 5.11 Å². The number of carbonyl (C=O) groups is 1. The smallest absolute Gasteiger partial charge is 0.322 e. The number of ether oxygens (including phenoxy) is 1. The molecule has 0 unspecified atom stereocenters. The molecule has 1 aromatic rings. The van der Waals surface area contributed by atoms with Crippen LogP contribution in [0.4, 0.5) is 8.78 Å². The average Bonchev–Trinajstić information content (AvgIpc) is 2.91. The average molecular weight is 321 g/mol. The summed E-state index contributed by atoms with van der Waals surface area (Å²) in [4.78, 5) is 10.5. The number of aliphatic carboxylic acids is 1. The molecule has 1 heterocycles. The Morgan fingerprint density at radius 2 is 2.10 bits per heavy atom. The highest BCUT2D eigenvalue weighted by Gasteiger charge is 2.41. The van der Waals surface area contributed by atoms with Crippen LogP contribution in [0.15, 0.2) is 17.0 Å². The van der Waals surface area contributed by atoms with Crippen LogP contribution in [-0.2, 0) is 14.8 Å². The van der Waals surface area contributed by atoms with E-state index >= 15 is 0 Å². The van der Waals surface area contributed by atoms with Gasteiger partial charge in [0.05, 0.1) is 7.11 Å². The first kappa shape index (κ1) is 15.6. The van der Waals surface area contributed by atoms with Crippen LogP contribution in [-0.4, -0.2) is 43.5 Å². The van der Waals surface area contributed by atoms with Gasteiger partial charge in [0.2, 0.25) is 15.8 Å². The van der Waals surface area contributed by atoms with Crippen molar-refractivity contribution in [3.05, 3.63) is 23.8 Å². The van der Waals surface area contributed by atoms with Gasteiger partial charge in [0.1, 0.15) is 10.9 Å². The van der Waals surface area contributed by atoms with Gasteiger partial charge in [-0.25, -0.2) is 12.8 Å². The highest BCUT2D eigenvalue weighted by Crippen LogP contribution is 2.34. The first-order valence-electron chi connectivity index (χ1n) is 6.07. The minimum atomic E-state index is -4.29. The maximum atomic E-state index is 13.6. The zero-order chi connectivity index (χ0) is 15.8. The molecule has 1 N–H and O–H groups in total. The number of rotatable bonds is 4. The van der Waals surface area contributed by atoms with Crippen LogP contribution >= 0.6 is 0 Å². The Morgan fingerprint density at radius 1 is 1.43 bits per heavy atom. The topological polar surface area (TPSA) is 83.9 Å². The summed E-state index contributed by atoms with van der Waals surface area (Å²) in [5.41, 5.74) is 0. The standard InChI is InChI=1S/C12H13F2NO5S/c1-20-11-9(5-4-7(13)10(11)14)21(18,19)15-6-2-3-8(15)12(16)17/h4-5,8H,2-3,6H2,1H3,(H,16,17)/t8-/m0/s1. The van der Waals surface area contributed by atoms with Crippen LogP contribution in [0, 0.1) is 11.6 Å². The third-order valence-corrected chi connectivity index (χ3v) is 5.23. The lowest BCUT2D eigenvalue weighted by Gasteiger charge is -2.22. The van der Waals surface area contributed by atoms with Crippen LogP contribution in [0.1, 0.15) is 12.8 Å². The van der Waals surface area contributed by atoms with Gasteiger partial charge in [0.25, 0.3) is 0 Å². The SMILES string of the molecule is COc1c(S(=O)(=O)N2CCC[C@H]2C(=O)O)ccc(F)c1F. The fraction of sp³-hybridized carbons (Fsp3) is 0.417. The molecule has 1 aliphatic rings. The van der Waals surface area contributed by atoms with Crippen molar-refractivity contribution in [1.82, 2.24) is 4.31 Å². The van der Waals surface area contributed by atoms with Crippen LogP contribution in [0.25, 0.3) is 0 Å². The molecule has 1 atom stereocenters. The van der Waals surface area contributed by atoms with Gasteiger partial charge in [-0.2, -0.15) is 8.70 Å². The van der Waals surface area contributed by atoms with Crippen molar-refractivity contribution >= 4 is 16.0 Å². The highest BCUT2D eigenvalue weighted by molar-refractivity contribution is 7.89. The number of hydrogen-bond donors (Lipinski definition) is 1. The second-order valence-corrected chi connectivity index (χ2v) is 6.36. The molecule has 1 fully saturated rings. The van der Waals surface area contributed by atoms with Crippen LogP contribution in [0.5, 0.6) is 5.75 Å². The number of methoxy groups -OCH3 is 1. The quantitative estimate of drug-likeness (QED) is 0.901. The predicted octanol–water partition coefficient (Wildman–Crippen LogP) is 1.21. The van der Waals surface area contributed by atoms with E-state index in [1.165, 1.54) is 0 Å². The number of hydrogen-bond acceptors (Lipinski definition) is 4. The van der Waals surface area contributed by atoms with Crippen molar-refractivity contribution in [2.24, 2.45) is 0 Å². The van der Waals surface area contributed by atoms with E-state index in [0.717, 1.165) is 17.5 Å². The number of nitrogens with zero attached hydrogens (tertiary/aromatic N) is 1. The fourth-order valence-electron chi connectivity index (χ4n) is 2.31. The Labute approximate surface area is 120 Å². The van der Waals surface area contributed by atoms with E-state index in [2.05, 4.69) is 4.74 Å². The van der Waals surface area contributed by atoms with E-state index in [0.29, 0.717) is 12.5 Å². The Bertz CT molecular complexity index is 676. The van der Waals surface area contributed by atoms with Crippen molar-refractivity contribution in [1.29, 1.82) is 0 Å². The second kappa shape index (κ2) is 5.57. The van der Waals surface area contributed by atoms with Gasteiger partial charge in [-0.15, -0.1) is 0 Å². The van der Waals surface area contributed by atoms with Gasteiger partial charge in [-0.3, -0.25) is 4.79 Å². The maximum Gasteiger partial charge on any atom is 0.322 e. The first-order chi connectivity index (χ1) is 9.80. The van der Waals surface area contributed by atoms with E-state index in [-0.39, 0.29) is 13.0 Å². The zero-order valence-electron chi connectivity index (χ0n) is 11.0. The van der Waals surface area contributed by atoms with Gasteiger partial charge < -0.3 is 9.84 Å². The van der Waals surface area contributed by atoms with Crippen molar-refractivity contribution in [3.8, 4) is 5.75 Å². The Hall–Kier alpha value is -1.74. The number of halogens is 2. The van der Waals surface area contributed by atoms with Gasteiger partial charge >= 0.3 is 5.97 Å². The molecule has 0 aromatic heterocycles. The lowest BCUT2D eigenvalue weighted by atomic mass is 10.2. The normalized spacial score (nSPS) is 19.7. The molecule has 0 spiro atoms. The molecule has 1 aliphatic heterocycles. The van der Waals surface area contributed by atoms with Crippen LogP contribution in [0.2, 0.25) is 0 Å². The monoisotopic (exact) mass is 321 g/mol. The number of sulfonamides is 1. The Morgan fingerprint density at radius 3 is 2.67 bits per heavy atom. The minimum absolute atomic E-state index is 0.00144. The third kappa shape index (κ3) is 2.58. The summed E-state index contributed by atoms with van der Waals surface area (Å²) in [5, 5.41) is 9.05. The molecule has 9 heteroatoms. The van der Waals surface area contributed by atoms with Crippen LogP contribution < -0.4 is 4.74 Å². The summed E-state index contributed by atoms with van der Waals surface area (Å²) in [7, 11) is -3.28. The van der Waals surface area contributed by atoms with E-state index in [1.807, 2.05) is 0 Å². The zero-order valence-corrected chi connectivity index (χ0v) is 11.9. The number of carboxylic acids is 1. The molecule has 0 amide bonds. The van der Waals surface area contributed by atoms with E-state index in [1.54, 1.807) is 0 Å². The summed E-state index contributed by atoms with van der Waals surface area (Å²) in [5.74, 6) is -4.71. The summed E-state index contributed by atoms with van der Waals surface area (Å²) in [6.45, 7) is 0.00144. The van der Waals surface area contributed by atoms with Gasteiger partial charge in [0.15, 0.2) is 11.6 Å². The summed E-state index contributed by atoms with van der Waals surface area (Å²) in [6.07, 6.45) is 0.544. The second-order valence-electron chi connectivity index (χ2n) is 4.50. The lowest BCUT2D eigenvalue weighted by molar-refractivity contribution is -0.140. The number of carboxylic acid groups (broad SMARTS) is 1. The largest absolute Gasteiger partial charge is 0.492 e. The molecule has 2 rings (SSSR count). The molecule has 0 saturated carbocycles. The molecule has 116 valence electrons. The summed E-state index contributed by atoms with van der Waals surface area (Å²) in [6, 6.07) is 0.313. The van der Waals surface area contributed by atoms with E-state index in [9.17, 15) is 22.0 Å². The summed E-state index contributed by atoms with van der Waals surface area (Å²) >= 11 is 0. The van der Waals surface area contributed by atoms with Crippen molar-refractivity contribution in [2.45, 2.75) is 23.8 Å². The number of benzene rings is 1. The molecule has 1 aromatic carbocycles. The maximum absolute atomic E-state index is 13.6. The van der Waals surface area contributed by atoms with Gasteiger partial charge in [-0.1, -0.05) is 0 Å². The van der Waals surface area contributed by atoms with E-state index < -0.39 is 44.3 Å².